The van der Waals surface area contributed by atoms with Gasteiger partial charge in [-0.15, -0.1) is 0 Å². The minimum absolute atomic E-state index is 0.208. The highest BCUT2D eigenvalue weighted by Crippen LogP contribution is 2.23. The molecule has 0 unspecified atom stereocenters. The Kier molecular flexibility index (Phi) is 4.85. The average Bonchev–Trinajstić information content (AvgIpc) is 2.77. The maximum Gasteiger partial charge on any atom is 0.303 e. The second-order valence-corrected chi connectivity index (χ2v) is 5.22. The fourth-order valence-electron chi connectivity index (χ4n) is 2.39. The summed E-state index contributed by atoms with van der Waals surface area (Å²) < 4.78 is 2.17. The number of aliphatic carboxylic acids is 1. The third kappa shape index (κ3) is 3.42. The molecule has 20 heavy (non-hydrogen) atoms. The summed E-state index contributed by atoms with van der Waals surface area (Å²) in [5.74, 6) is -0.741. The van der Waals surface area contributed by atoms with E-state index in [0.29, 0.717) is 6.42 Å². The summed E-state index contributed by atoms with van der Waals surface area (Å²) in [7, 11) is 0. The molecule has 0 fully saturated rings. The van der Waals surface area contributed by atoms with Crippen molar-refractivity contribution in [2.24, 2.45) is 0 Å². The standard InChI is InChI=1S/C16H18ClNO2/c1-12(9-17)10-18-11-13(5-4-8-16(19)20)14-6-2-3-7-15(14)18/h2-3,6-7,9,11H,4-5,8,10H2,1H3,(H,19,20)/b12-9-. The lowest BCUT2D eigenvalue weighted by atomic mass is 10.1. The topological polar surface area (TPSA) is 42.2 Å². The van der Waals surface area contributed by atoms with E-state index in [1.807, 2.05) is 19.1 Å². The lowest BCUT2D eigenvalue weighted by Crippen LogP contribution is -1.97. The van der Waals surface area contributed by atoms with Crippen LogP contribution in [0.2, 0.25) is 0 Å². The molecule has 0 atom stereocenters. The van der Waals surface area contributed by atoms with E-state index >= 15 is 0 Å². The summed E-state index contributed by atoms with van der Waals surface area (Å²) in [6.07, 6.45) is 3.76. The number of carboxylic acid groups (broad SMARTS) is 1. The van der Waals surface area contributed by atoms with Gasteiger partial charge in [0, 0.05) is 35.6 Å². The molecule has 0 amide bonds. The van der Waals surface area contributed by atoms with Crippen LogP contribution in [0.5, 0.6) is 0 Å². The van der Waals surface area contributed by atoms with Crippen LogP contribution < -0.4 is 0 Å². The van der Waals surface area contributed by atoms with Gasteiger partial charge in [-0.05, 0) is 37.0 Å². The summed E-state index contributed by atoms with van der Waals surface area (Å²) in [6.45, 7) is 2.74. The van der Waals surface area contributed by atoms with Gasteiger partial charge >= 0.3 is 5.97 Å². The number of aromatic nitrogens is 1. The first kappa shape index (κ1) is 14.7. The number of carbonyl (C=O) groups is 1. The second-order valence-electron chi connectivity index (χ2n) is 5.00. The molecular weight excluding hydrogens is 274 g/mol. The molecule has 1 heterocycles. The zero-order valence-electron chi connectivity index (χ0n) is 11.5. The monoisotopic (exact) mass is 291 g/mol. The van der Waals surface area contributed by atoms with Crippen LogP contribution in [-0.4, -0.2) is 15.6 Å². The molecule has 3 nitrogen and oxygen atoms in total. The maximum absolute atomic E-state index is 10.6. The van der Waals surface area contributed by atoms with Gasteiger partial charge in [-0.25, -0.2) is 0 Å². The van der Waals surface area contributed by atoms with Crippen LogP contribution in [0.3, 0.4) is 0 Å². The highest BCUT2D eigenvalue weighted by atomic mass is 35.5. The van der Waals surface area contributed by atoms with Gasteiger partial charge in [-0.1, -0.05) is 29.8 Å². The zero-order valence-corrected chi connectivity index (χ0v) is 12.2. The molecule has 0 aliphatic rings. The Hall–Kier alpha value is -1.74. The van der Waals surface area contributed by atoms with Crippen LogP contribution in [-0.2, 0) is 17.8 Å². The number of benzene rings is 1. The van der Waals surface area contributed by atoms with Crippen molar-refractivity contribution in [3.05, 3.63) is 47.1 Å². The van der Waals surface area contributed by atoms with Crippen LogP contribution in [0.25, 0.3) is 10.9 Å². The van der Waals surface area contributed by atoms with Crippen LogP contribution in [0.15, 0.2) is 41.6 Å². The highest BCUT2D eigenvalue weighted by Gasteiger charge is 2.08. The molecule has 1 aromatic carbocycles. The Morgan fingerprint density at radius 2 is 2.15 bits per heavy atom. The van der Waals surface area contributed by atoms with Crippen molar-refractivity contribution in [3.8, 4) is 0 Å². The van der Waals surface area contributed by atoms with E-state index in [1.54, 1.807) is 5.54 Å². The Balaban J connectivity index is 2.28. The van der Waals surface area contributed by atoms with Crippen molar-refractivity contribution in [1.82, 2.24) is 4.57 Å². The Labute approximate surface area is 123 Å². The minimum Gasteiger partial charge on any atom is -0.481 e. The number of nitrogens with zero attached hydrogens (tertiary/aromatic N) is 1. The maximum atomic E-state index is 10.6. The number of fused-ring (bicyclic) bond motifs is 1. The van der Waals surface area contributed by atoms with Crippen LogP contribution in [0.4, 0.5) is 0 Å². The molecule has 106 valence electrons. The third-order valence-electron chi connectivity index (χ3n) is 3.31. The quantitative estimate of drug-likeness (QED) is 0.867. The molecular formula is C16H18ClNO2. The lowest BCUT2D eigenvalue weighted by molar-refractivity contribution is -0.137. The van der Waals surface area contributed by atoms with Gasteiger partial charge in [0.05, 0.1) is 0 Å². The van der Waals surface area contributed by atoms with Crippen molar-refractivity contribution < 1.29 is 9.90 Å². The average molecular weight is 292 g/mol. The van der Waals surface area contributed by atoms with Gasteiger partial charge in [0.1, 0.15) is 0 Å². The van der Waals surface area contributed by atoms with Gasteiger partial charge in [0.2, 0.25) is 0 Å². The van der Waals surface area contributed by atoms with Crippen molar-refractivity contribution in [3.63, 3.8) is 0 Å². The summed E-state index contributed by atoms with van der Waals surface area (Å²) in [4.78, 5) is 10.6. The number of rotatable bonds is 6. The largest absolute Gasteiger partial charge is 0.481 e. The number of allylic oxidation sites excluding steroid dienone is 1. The van der Waals surface area contributed by atoms with E-state index < -0.39 is 5.97 Å². The Morgan fingerprint density at radius 3 is 2.85 bits per heavy atom. The van der Waals surface area contributed by atoms with Crippen molar-refractivity contribution in [2.45, 2.75) is 32.7 Å². The third-order valence-corrected chi connectivity index (χ3v) is 3.69. The summed E-state index contributed by atoms with van der Waals surface area (Å²) in [5, 5.41) is 9.93. The summed E-state index contributed by atoms with van der Waals surface area (Å²) in [6, 6.07) is 8.19. The van der Waals surface area contributed by atoms with Crippen LogP contribution in [0.1, 0.15) is 25.3 Å². The molecule has 2 rings (SSSR count). The fourth-order valence-corrected chi connectivity index (χ4v) is 2.46. The zero-order chi connectivity index (χ0) is 14.5. The molecule has 0 aliphatic heterocycles. The molecule has 2 aromatic rings. The van der Waals surface area contributed by atoms with Crippen LogP contribution in [0, 0.1) is 0 Å². The molecule has 0 saturated heterocycles. The number of carboxylic acids is 1. The van der Waals surface area contributed by atoms with Gasteiger partial charge in [-0.3, -0.25) is 4.79 Å². The minimum atomic E-state index is -0.741. The first-order valence-electron chi connectivity index (χ1n) is 6.66. The molecule has 0 bridgehead atoms. The first-order valence-corrected chi connectivity index (χ1v) is 7.10. The van der Waals surface area contributed by atoms with Crippen LogP contribution >= 0.6 is 11.6 Å². The number of hydrogen-bond donors (Lipinski definition) is 1. The summed E-state index contributed by atoms with van der Waals surface area (Å²) >= 11 is 5.74. The Bertz CT molecular complexity index is 643. The summed E-state index contributed by atoms with van der Waals surface area (Å²) in [5.41, 5.74) is 5.04. The molecule has 0 spiro atoms. The first-order chi connectivity index (χ1) is 9.61. The predicted octanol–water partition coefficient (Wildman–Crippen LogP) is 4.19. The molecule has 0 saturated carbocycles. The van der Waals surface area contributed by atoms with Crippen molar-refractivity contribution in [2.75, 3.05) is 0 Å². The predicted molar refractivity (Wildman–Crippen MR) is 82.1 cm³/mol. The van der Waals surface area contributed by atoms with E-state index in [9.17, 15) is 4.79 Å². The van der Waals surface area contributed by atoms with E-state index in [0.717, 1.165) is 24.1 Å². The number of halogens is 1. The van der Waals surface area contributed by atoms with E-state index in [4.69, 9.17) is 16.7 Å². The Morgan fingerprint density at radius 1 is 1.40 bits per heavy atom. The van der Waals surface area contributed by atoms with E-state index in [2.05, 4.69) is 22.9 Å². The SMILES string of the molecule is C/C(=C/Cl)Cn1cc(CCCC(=O)O)c2ccccc21. The number of aryl methyl sites for hydroxylation is 1. The molecule has 0 aliphatic carbocycles. The van der Waals surface area contributed by atoms with E-state index in [-0.39, 0.29) is 6.42 Å². The molecule has 4 heteroatoms. The van der Waals surface area contributed by atoms with Gasteiger partial charge < -0.3 is 9.67 Å². The van der Waals surface area contributed by atoms with Crippen molar-refractivity contribution >= 4 is 28.5 Å². The molecule has 1 N–H and O–H groups in total. The second kappa shape index (κ2) is 6.62. The van der Waals surface area contributed by atoms with Gasteiger partial charge in [-0.2, -0.15) is 0 Å². The van der Waals surface area contributed by atoms with Gasteiger partial charge in [0.15, 0.2) is 0 Å². The molecule has 1 aromatic heterocycles. The van der Waals surface area contributed by atoms with Gasteiger partial charge in [0.25, 0.3) is 0 Å². The highest BCUT2D eigenvalue weighted by molar-refractivity contribution is 6.25. The van der Waals surface area contributed by atoms with E-state index in [1.165, 1.54) is 10.9 Å². The smallest absolute Gasteiger partial charge is 0.303 e. The molecule has 0 radical (unpaired) electrons. The number of hydrogen-bond acceptors (Lipinski definition) is 1. The lowest BCUT2D eigenvalue weighted by Gasteiger charge is -2.04. The number of para-hydroxylation sites is 1. The normalized spacial score (nSPS) is 12.0. The van der Waals surface area contributed by atoms with Crippen molar-refractivity contribution in [1.29, 1.82) is 0 Å². The fraction of sp³-hybridized carbons (Fsp3) is 0.312.